The van der Waals surface area contributed by atoms with Gasteiger partial charge in [0.15, 0.2) is 0 Å². The molecule has 3 heterocycles. The Balaban J connectivity index is 1.28. The van der Waals surface area contributed by atoms with E-state index in [-0.39, 0.29) is 12.0 Å². The first-order valence-corrected chi connectivity index (χ1v) is 10.6. The van der Waals surface area contributed by atoms with Gasteiger partial charge in [0.2, 0.25) is 11.7 Å². The molecule has 156 valence electrons. The molecule has 2 aliphatic rings. The Bertz CT molecular complexity index is 804. The topological polar surface area (TPSA) is 71.7 Å². The monoisotopic (exact) mass is 398 g/mol. The van der Waals surface area contributed by atoms with Gasteiger partial charge in [0.1, 0.15) is 6.10 Å². The van der Waals surface area contributed by atoms with Crippen LogP contribution >= 0.6 is 0 Å². The van der Waals surface area contributed by atoms with Crippen LogP contribution < -0.4 is 0 Å². The smallest absolute Gasteiger partial charge is 0.251 e. The number of hydrogen-bond donors (Lipinski definition) is 0. The van der Waals surface area contributed by atoms with Crippen molar-refractivity contribution in [2.45, 2.75) is 45.8 Å². The van der Waals surface area contributed by atoms with Crippen LogP contribution in [0.5, 0.6) is 0 Å². The molecule has 2 saturated heterocycles. The van der Waals surface area contributed by atoms with Crippen molar-refractivity contribution in [3.8, 4) is 11.4 Å². The van der Waals surface area contributed by atoms with E-state index in [0.717, 1.165) is 64.2 Å². The molecule has 0 saturated carbocycles. The van der Waals surface area contributed by atoms with Gasteiger partial charge >= 0.3 is 0 Å². The van der Waals surface area contributed by atoms with Gasteiger partial charge in [-0.25, -0.2) is 0 Å². The van der Waals surface area contributed by atoms with E-state index >= 15 is 0 Å². The van der Waals surface area contributed by atoms with E-state index in [0.29, 0.717) is 17.6 Å². The fourth-order valence-corrected chi connectivity index (χ4v) is 3.92. The highest BCUT2D eigenvalue weighted by Gasteiger charge is 2.30. The summed E-state index contributed by atoms with van der Waals surface area (Å²) in [5, 5.41) is 4.10. The second-order valence-electron chi connectivity index (χ2n) is 8.41. The van der Waals surface area contributed by atoms with Crippen LogP contribution in [0.2, 0.25) is 0 Å². The lowest BCUT2D eigenvalue weighted by Crippen LogP contribution is -2.51. The van der Waals surface area contributed by atoms with E-state index in [1.807, 2.05) is 4.90 Å². The summed E-state index contributed by atoms with van der Waals surface area (Å²) in [6, 6.07) is 8.35. The molecule has 1 amide bonds. The largest absolute Gasteiger partial charge is 0.368 e. The molecule has 1 atom stereocenters. The predicted molar refractivity (Wildman–Crippen MR) is 109 cm³/mol. The maximum Gasteiger partial charge on any atom is 0.251 e. The molecular formula is C22H30N4O3. The van der Waals surface area contributed by atoms with Crippen molar-refractivity contribution in [3.05, 3.63) is 35.7 Å². The fraction of sp³-hybridized carbons (Fsp3) is 0.591. The second-order valence-corrected chi connectivity index (χ2v) is 8.41. The highest BCUT2D eigenvalue weighted by atomic mass is 16.5. The third kappa shape index (κ3) is 5.03. The number of benzene rings is 1. The van der Waals surface area contributed by atoms with Gasteiger partial charge in [-0.15, -0.1) is 0 Å². The van der Waals surface area contributed by atoms with Crippen LogP contribution in [0.25, 0.3) is 11.4 Å². The number of carbonyl (C=O) groups excluding carboxylic acids is 1. The molecule has 0 spiro atoms. The van der Waals surface area contributed by atoms with Crippen LogP contribution in [0.4, 0.5) is 0 Å². The van der Waals surface area contributed by atoms with Crippen molar-refractivity contribution in [3.63, 3.8) is 0 Å². The Kier molecular flexibility index (Phi) is 6.25. The van der Waals surface area contributed by atoms with Crippen LogP contribution in [-0.2, 0) is 22.5 Å². The minimum atomic E-state index is -0.208. The quantitative estimate of drug-likeness (QED) is 0.745. The summed E-state index contributed by atoms with van der Waals surface area (Å²) in [5.41, 5.74) is 2.22. The number of piperazine rings is 1. The summed E-state index contributed by atoms with van der Waals surface area (Å²) < 4.78 is 10.9. The minimum absolute atomic E-state index is 0.170. The van der Waals surface area contributed by atoms with Gasteiger partial charge in [0.25, 0.3) is 5.91 Å². The van der Waals surface area contributed by atoms with Crippen molar-refractivity contribution in [2.24, 2.45) is 5.92 Å². The number of aromatic nitrogens is 2. The van der Waals surface area contributed by atoms with Gasteiger partial charge < -0.3 is 14.2 Å². The SMILES string of the molecule is CC(C)Cc1nc(-c2ccc(CN3CCN(C(=O)C4CCCO4)CC3)cc2)no1. The summed E-state index contributed by atoms with van der Waals surface area (Å²) >= 11 is 0. The molecule has 2 aliphatic heterocycles. The predicted octanol–water partition coefficient (Wildman–Crippen LogP) is 2.76. The summed E-state index contributed by atoms with van der Waals surface area (Å²) in [6.07, 6.45) is 2.45. The van der Waals surface area contributed by atoms with Crippen LogP contribution in [0.3, 0.4) is 0 Å². The summed E-state index contributed by atoms with van der Waals surface area (Å²) in [5.74, 6) is 2.00. The van der Waals surface area contributed by atoms with Gasteiger partial charge in [0.05, 0.1) is 0 Å². The molecule has 1 aromatic heterocycles. The van der Waals surface area contributed by atoms with Crippen molar-refractivity contribution >= 4 is 5.91 Å². The molecule has 0 aliphatic carbocycles. The average molecular weight is 399 g/mol. The molecule has 2 fully saturated rings. The first kappa shape index (κ1) is 20.0. The van der Waals surface area contributed by atoms with Crippen LogP contribution in [-0.4, -0.2) is 64.7 Å². The van der Waals surface area contributed by atoms with Crippen LogP contribution in [0, 0.1) is 5.92 Å². The Morgan fingerprint density at radius 3 is 2.59 bits per heavy atom. The number of carbonyl (C=O) groups is 1. The lowest BCUT2D eigenvalue weighted by atomic mass is 10.1. The molecule has 29 heavy (non-hydrogen) atoms. The molecule has 0 bridgehead atoms. The summed E-state index contributed by atoms with van der Waals surface area (Å²) in [6.45, 7) is 9.21. The molecule has 1 unspecified atom stereocenters. The van der Waals surface area contributed by atoms with Gasteiger partial charge in [-0.3, -0.25) is 9.69 Å². The highest BCUT2D eigenvalue weighted by Crippen LogP contribution is 2.20. The Hall–Kier alpha value is -2.25. The fourth-order valence-electron chi connectivity index (χ4n) is 3.92. The van der Waals surface area contributed by atoms with Gasteiger partial charge in [-0.1, -0.05) is 43.3 Å². The zero-order valence-corrected chi connectivity index (χ0v) is 17.3. The first-order valence-electron chi connectivity index (χ1n) is 10.6. The first-order chi connectivity index (χ1) is 14.1. The second kappa shape index (κ2) is 9.05. The van der Waals surface area contributed by atoms with Gasteiger partial charge in [0, 0.05) is 51.3 Å². The van der Waals surface area contributed by atoms with Crippen LogP contribution in [0.15, 0.2) is 28.8 Å². The normalized spacial score (nSPS) is 20.5. The Morgan fingerprint density at radius 1 is 1.17 bits per heavy atom. The van der Waals surface area contributed by atoms with E-state index in [1.54, 1.807) is 0 Å². The lowest BCUT2D eigenvalue weighted by molar-refractivity contribution is -0.142. The Morgan fingerprint density at radius 2 is 1.93 bits per heavy atom. The molecule has 7 nitrogen and oxygen atoms in total. The average Bonchev–Trinajstić information content (AvgIpc) is 3.41. The van der Waals surface area contributed by atoms with E-state index in [4.69, 9.17) is 9.26 Å². The molecule has 4 rings (SSSR count). The Labute approximate surface area is 172 Å². The van der Waals surface area contributed by atoms with E-state index in [1.165, 1.54) is 5.56 Å². The van der Waals surface area contributed by atoms with Gasteiger partial charge in [-0.05, 0) is 24.3 Å². The third-order valence-corrected chi connectivity index (χ3v) is 5.56. The molecule has 7 heteroatoms. The highest BCUT2D eigenvalue weighted by molar-refractivity contribution is 5.81. The van der Waals surface area contributed by atoms with Crippen molar-refractivity contribution in [1.82, 2.24) is 19.9 Å². The molecule has 0 radical (unpaired) electrons. The lowest BCUT2D eigenvalue weighted by Gasteiger charge is -2.35. The molecule has 0 N–H and O–H groups in total. The van der Waals surface area contributed by atoms with Crippen LogP contribution in [0.1, 0.15) is 38.1 Å². The summed E-state index contributed by atoms with van der Waals surface area (Å²) in [7, 11) is 0. The molecule has 2 aromatic rings. The number of hydrogen-bond acceptors (Lipinski definition) is 6. The number of ether oxygens (including phenoxy) is 1. The van der Waals surface area contributed by atoms with E-state index in [2.05, 4.69) is 53.2 Å². The summed E-state index contributed by atoms with van der Waals surface area (Å²) in [4.78, 5) is 21.3. The van der Waals surface area contributed by atoms with Crippen molar-refractivity contribution in [2.75, 3.05) is 32.8 Å². The maximum atomic E-state index is 12.5. The molecular weight excluding hydrogens is 368 g/mol. The minimum Gasteiger partial charge on any atom is -0.368 e. The van der Waals surface area contributed by atoms with E-state index < -0.39 is 0 Å². The number of amides is 1. The molecule has 1 aromatic carbocycles. The number of rotatable bonds is 6. The number of nitrogens with zero attached hydrogens (tertiary/aromatic N) is 4. The maximum absolute atomic E-state index is 12.5. The van der Waals surface area contributed by atoms with Crippen molar-refractivity contribution < 1.29 is 14.1 Å². The van der Waals surface area contributed by atoms with Crippen molar-refractivity contribution in [1.29, 1.82) is 0 Å². The zero-order valence-electron chi connectivity index (χ0n) is 17.3. The standard InChI is InChI=1S/C22H30N4O3/c1-16(2)14-20-23-21(24-29-20)18-7-5-17(6-8-18)15-25-9-11-26(12-10-25)22(27)19-4-3-13-28-19/h5-8,16,19H,3-4,9-15H2,1-2H3. The van der Waals surface area contributed by atoms with E-state index in [9.17, 15) is 4.79 Å². The zero-order chi connectivity index (χ0) is 20.2. The van der Waals surface area contributed by atoms with Gasteiger partial charge in [-0.2, -0.15) is 4.98 Å². The third-order valence-electron chi connectivity index (χ3n) is 5.56.